The van der Waals surface area contributed by atoms with Gasteiger partial charge in [0.05, 0.1) is 26.4 Å². The van der Waals surface area contributed by atoms with Crippen molar-refractivity contribution in [3.05, 3.63) is 0 Å². The first-order chi connectivity index (χ1) is 46.9. The second-order valence-corrected chi connectivity index (χ2v) is 32.0. The van der Waals surface area contributed by atoms with E-state index in [1.165, 1.54) is 225 Å². The van der Waals surface area contributed by atoms with Crippen molar-refractivity contribution in [2.75, 3.05) is 39.6 Å². The topological polar surface area (TPSA) is 237 Å². The monoisotopic (exact) mass is 1420 g/mol. The summed E-state index contributed by atoms with van der Waals surface area (Å²) in [5, 5.41) is 10.6. The van der Waals surface area contributed by atoms with Gasteiger partial charge in [0.15, 0.2) is 12.2 Å². The number of carbonyl (C=O) groups is 4. The summed E-state index contributed by atoms with van der Waals surface area (Å²) in [5.74, 6) is -0.650. The second-order valence-electron chi connectivity index (χ2n) is 29.1. The second kappa shape index (κ2) is 69.8. The summed E-state index contributed by atoms with van der Waals surface area (Å²) < 4.78 is 68.6. The Hall–Kier alpha value is -1.94. The Morgan fingerprint density at radius 3 is 0.701 bits per heavy atom. The molecule has 0 heterocycles. The van der Waals surface area contributed by atoms with E-state index >= 15 is 0 Å². The van der Waals surface area contributed by atoms with Crippen molar-refractivity contribution in [1.82, 2.24) is 0 Å². The maximum atomic E-state index is 13.1. The number of unbranched alkanes of at least 4 members (excludes halogenated alkanes) is 47. The summed E-state index contributed by atoms with van der Waals surface area (Å²) in [4.78, 5) is 72.9. The Bertz CT molecular complexity index is 1870. The molecule has 17 nitrogen and oxygen atoms in total. The lowest BCUT2D eigenvalue weighted by atomic mass is 10.0. The number of hydrogen-bond donors (Lipinski definition) is 3. The highest BCUT2D eigenvalue weighted by atomic mass is 31.2. The molecule has 19 heteroatoms. The zero-order valence-electron chi connectivity index (χ0n) is 63.4. The highest BCUT2D eigenvalue weighted by Gasteiger charge is 2.30. The van der Waals surface area contributed by atoms with Gasteiger partial charge in [-0.2, -0.15) is 0 Å². The number of rotatable bonds is 77. The molecule has 0 saturated carbocycles. The first-order valence-electron chi connectivity index (χ1n) is 40.5. The molecule has 0 saturated heterocycles. The number of aliphatic hydroxyl groups is 1. The van der Waals surface area contributed by atoms with Gasteiger partial charge in [0, 0.05) is 25.7 Å². The Morgan fingerprint density at radius 1 is 0.278 bits per heavy atom. The molecule has 5 atom stereocenters. The number of ether oxygens (including phenoxy) is 4. The van der Waals surface area contributed by atoms with Gasteiger partial charge in [-0.05, 0) is 37.5 Å². The fourth-order valence-corrected chi connectivity index (χ4v) is 13.6. The Balaban J connectivity index is 5.24. The summed E-state index contributed by atoms with van der Waals surface area (Å²) >= 11 is 0. The van der Waals surface area contributed by atoms with Crippen LogP contribution in [-0.4, -0.2) is 96.7 Å². The predicted octanol–water partition coefficient (Wildman–Crippen LogP) is 23.1. The third-order valence-corrected chi connectivity index (χ3v) is 20.1. The minimum Gasteiger partial charge on any atom is -0.462 e. The number of aliphatic hydroxyl groups excluding tert-OH is 1. The number of carbonyl (C=O) groups excluding carboxylic acids is 4. The van der Waals surface area contributed by atoms with Gasteiger partial charge in [0.25, 0.3) is 0 Å². The lowest BCUT2D eigenvalue weighted by molar-refractivity contribution is -0.161. The van der Waals surface area contributed by atoms with Crippen molar-refractivity contribution >= 4 is 39.5 Å². The predicted molar refractivity (Wildman–Crippen MR) is 395 cm³/mol. The Kier molecular flexibility index (Phi) is 68.4. The van der Waals surface area contributed by atoms with E-state index in [4.69, 9.17) is 37.0 Å². The molecule has 0 radical (unpaired) electrons. The van der Waals surface area contributed by atoms with Crippen LogP contribution >= 0.6 is 15.6 Å². The van der Waals surface area contributed by atoms with E-state index in [-0.39, 0.29) is 25.7 Å². The molecule has 0 fully saturated rings. The summed E-state index contributed by atoms with van der Waals surface area (Å²) in [7, 11) is -9.91. The molecule has 0 amide bonds. The van der Waals surface area contributed by atoms with Crippen LogP contribution in [0.3, 0.4) is 0 Å². The van der Waals surface area contributed by atoms with E-state index < -0.39 is 97.5 Å². The van der Waals surface area contributed by atoms with Crippen LogP contribution < -0.4 is 0 Å². The van der Waals surface area contributed by atoms with Gasteiger partial charge in [-0.25, -0.2) is 9.13 Å². The Morgan fingerprint density at radius 2 is 0.474 bits per heavy atom. The van der Waals surface area contributed by atoms with Gasteiger partial charge in [0.2, 0.25) is 0 Å². The first-order valence-corrected chi connectivity index (χ1v) is 43.5. The molecule has 2 unspecified atom stereocenters. The van der Waals surface area contributed by atoms with Gasteiger partial charge >= 0.3 is 39.5 Å². The lowest BCUT2D eigenvalue weighted by Gasteiger charge is -2.21. The van der Waals surface area contributed by atoms with E-state index in [1.807, 2.05) is 0 Å². The van der Waals surface area contributed by atoms with Crippen molar-refractivity contribution in [2.24, 2.45) is 11.8 Å². The maximum Gasteiger partial charge on any atom is 0.472 e. The van der Waals surface area contributed by atoms with Gasteiger partial charge in [-0.3, -0.25) is 37.3 Å². The van der Waals surface area contributed by atoms with E-state index in [0.717, 1.165) is 102 Å². The third-order valence-electron chi connectivity index (χ3n) is 18.2. The van der Waals surface area contributed by atoms with Crippen LogP contribution in [0.25, 0.3) is 0 Å². The zero-order chi connectivity index (χ0) is 71.4. The summed E-state index contributed by atoms with van der Waals surface area (Å²) in [5.41, 5.74) is 0. The fraction of sp³-hybridized carbons (Fsp3) is 0.949. The molecular weight excluding hydrogens is 1270 g/mol. The smallest absolute Gasteiger partial charge is 0.462 e. The van der Waals surface area contributed by atoms with Crippen LogP contribution in [0, 0.1) is 11.8 Å². The average Bonchev–Trinajstić information content (AvgIpc) is 2.04. The molecular formula is C78H152O17P2. The highest BCUT2D eigenvalue weighted by molar-refractivity contribution is 7.47. The van der Waals surface area contributed by atoms with E-state index in [2.05, 4.69) is 41.5 Å². The van der Waals surface area contributed by atoms with Gasteiger partial charge < -0.3 is 33.8 Å². The molecule has 3 N–H and O–H groups in total. The normalized spacial score (nSPS) is 14.0. The molecule has 0 aromatic rings. The Labute approximate surface area is 594 Å². The summed E-state index contributed by atoms with van der Waals surface area (Å²) in [6, 6.07) is 0. The van der Waals surface area contributed by atoms with Crippen molar-refractivity contribution in [3.8, 4) is 0 Å². The van der Waals surface area contributed by atoms with Crippen LogP contribution in [0.1, 0.15) is 408 Å². The molecule has 0 bridgehead atoms. The van der Waals surface area contributed by atoms with Crippen LogP contribution in [0.4, 0.5) is 0 Å². The van der Waals surface area contributed by atoms with Crippen LogP contribution in [-0.2, 0) is 65.4 Å². The summed E-state index contributed by atoms with van der Waals surface area (Å²) in [6.07, 6.45) is 58.3. The van der Waals surface area contributed by atoms with Gasteiger partial charge in [-0.15, -0.1) is 0 Å². The minimum atomic E-state index is -4.96. The van der Waals surface area contributed by atoms with Crippen LogP contribution in [0.15, 0.2) is 0 Å². The zero-order valence-corrected chi connectivity index (χ0v) is 65.2. The number of phosphoric acid groups is 2. The van der Waals surface area contributed by atoms with Gasteiger partial charge in [0.1, 0.15) is 19.3 Å². The van der Waals surface area contributed by atoms with Crippen molar-refractivity contribution in [3.63, 3.8) is 0 Å². The lowest BCUT2D eigenvalue weighted by Crippen LogP contribution is -2.30. The molecule has 0 aliphatic carbocycles. The van der Waals surface area contributed by atoms with Crippen molar-refractivity contribution < 1.29 is 80.2 Å². The molecule has 576 valence electrons. The molecule has 0 aromatic carbocycles. The maximum absolute atomic E-state index is 13.1. The third kappa shape index (κ3) is 72.2. The SMILES string of the molecule is CCCCCCCCCCCCCCCCCCCC(=O)OC[C@H](COP(=O)(O)OC[C@@H](O)COP(=O)(O)OC[C@@H](COC(=O)CCCCCCCCCCC(C)C)OC(=O)CCCCCCCCCCCC(C)C)OC(=O)CCCCCCCCCCCCCCCCCCC. The molecule has 0 aliphatic heterocycles. The summed E-state index contributed by atoms with van der Waals surface area (Å²) in [6.45, 7) is 9.56. The fourth-order valence-electron chi connectivity index (χ4n) is 12.0. The molecule has 0 aliphatic rings. The number of esters is 4. The van der Waals surface area contributed by atoms with Crippen LogP contribution in [0.2, 0.25) is 0 Å². The number of hydrogen-bond acceptors (Lipinski definition) is 15. The van der Waals surface area contributed by atoms with Crippen LogP contribution in [0.5, 0.6) is 0 Å². The number of phosphoric ester groups is 2. The molecule has 97 heavy (non-hydrogen) atoms. The first kappa shape index (κ1) is 95.1. The van der Waals surface area contributed by atoms with Crippen molar-refractivity contribution in [1.29, 1.82) is 0 Å². The molecule has 0 spiro atoms. The standard InChI is InChI=1S/C78H152O17P2/c1-7-9-11-13-15-17-19-21-23-25-27-29-31-35-42-48-54-60-75(80)88-66-73(94-77(82)62-56-50-44-36-32-30-28-26-24-22-20-18-16-14-12-10-8-2)68-92-96(84,85)90-64-72(79)65-91-97(86,87)93-69-74(67-89-76(81)61-55-49-43-39-38-41-47-53-59-71(5)6)95-78(83)63-57-51-45-37-33-34-40-46-52-58-70(3)4/h70-74,79H,7-69H2,1-6H3,(H,84,85)(H,86,87)/t72-,73-,74-/m1/s1. The van der Waals surface area contributed by atoms with E-state index in [9.17, 15) is 43.2 Å². The van der Waals surface area contributed by atoms with E-state index in [0.29, 0.717) is 25.7 Å². The minimum absolute atomic E-state index is 0.105. The quantitative estimate of drug-likeness (QED) is 0.0222. The van der Waals surface area contributed by atoms with Gasteiger partial charge in [-0.1, -0.05) is 356 Å². The average molecular weight is 1420 g/mol. The highest BCUT2D eigenvalue weighted by Crippen LogP contribution is 2.45. The van der Waals surface area contributed by atoms with Crippen molar-refractivity contribution in [2.45, 2.75) is 426 Å². The molecule has 0 aromatic heterocycles. The molecule has 0 rings (SSSR count). The van der Waals surface area contributed by atoms with E-state index in [1.54, 1.807) is 0 Å². The largest absolute Gasteiger partial charge is 0.472 e.